The molecule has 18 heavy (non-hydrogen) atoms. The second-order valence-electron chi connectivity index (χ2n) is 3.64. The lowest BCUT2D eigenvalue weighted by Crippen LogP contribution is -2.43. The van der Waals surface area contributed by atoms with Gasteiger partial charge in [0, 0.05) is 5.19 Å². The standard InChI is InChI=1S/C13H10ClFO2Si/c14-18(15,12-9-5-2-6-10-12)17-13(16)11-7-3-1-4-8-11/h1-10H. The van der Waals surface area contributed by atoms with Crippen LogP contribution in [0.15, 0.2) is 60.7 Å². The Kier molecular flexibility index (Phi) is 3.79. The molecule has 0 spiro atoms. The summed E-state index contributed by atoms with van der Waals surface area (Å²) in [6.07, 6.45) is 0. The highest BCUT2D eigenvalue weighted by Crippen LogP contribution is 2.15. The van der Waals surface area contributed by atoms with Gasteiger partial charge in [-0.2, -0.15) is 0 Å². The molecule has 0 heterocycles. The lowest BCUT2D eigenvalue weighted by Gasteiger charge is -2.15. The number of hydrogen-bond acceptors (Lipinski definition) is 2. The van der Waals surface area contributed by atoms with Crippen LogP contribution >= 0.6 is 11.1 Å². The van der Waals surface area contributed by atoms with Crippen LogP contribution in [0.5, 0.6) is 0 Å². The number of carbonyl (C=O) groups is 1. The van der Waals surface area contributed by atoms with Crippen LogP contribution in [0.2, 0.25) is 0 Å². The molecule has 0 aliphatic carbocycles. The van der Waals surface area contributed by atoms with Crippen molar-refractivity contribution in [3.05, 3.63) is 66.2 Å². The zero-order chi connectivity index (χ0) is 13.0. The minimum Gasteiger partial charge on any atom is -0.473 e. The van der Waals surface area contributed by atoms with Gasteiger partial charge in [-0.1, -0.05) is 59.6 Å². The Bertz CT molecular complexity index is 531. The molecule has 0 radical (unpaired) electrons. The average molecular weight is 281 g/mol. The molecule has 5 heteroatoms. The van der Waals surface area contributed by atoms with Crippen molar-refractivity contribution < 1.29 is 13.3 Å². The van der Waals surface area contributed by atoms with Gasteiger partial charge in [0.15, 0.2) is 0 Å². The molecule has 0 saturated heterocycles. The van der Waals surface area contributed by atoms with Crippen molar-refractivity contribution in [3.63, 3.8) is 0 Å². The first-order valence-corrected chi connectivity index (χ1v) is 8.11. The third-order valence-corrected chi connectivity index (χ3v) is 4.67. The molecule has 0 aliphatic heterocycles. The molecule has 0 saturated carbocycles. The molecule has 0 N–H and O–H groups in total. The first-order chi connectivity index (χ1) is 8.59. The maximum Gasteiger partial charge on any atom is 0.581 e. The summed E-state index contributed by atoms with van der Waals surface area (Å²) in [6.45, 7) is 0. The van der Waals surface area contributed by atoms with Gasteiger partial charge in [0.05, 0.1) is 5.56 Å². The molecule has 2 nitrogen and oxygen atoms in total. The van der Waals surface area contributed by atoms with E-state index in [1.165, 1.54) is 12.1 Å². The van der Waals surface area contributed by atoms with Crippen molar-refractivity contribution in [2.75, 3.05) is 0 Å². The van der Waals surface area contributed by atoms with E-state index in [9.17, 15) is 8.90 Å². The molecule has 0 aromatic heterocycles. The predicted octanol–water partition coefficient (Wildman–Crippen LogP) is 2.90. The first-order valence-electron chi connectivity index (χ1n) is 5.31. The second kappa shape index (κ2) is 5.33. The Morgan fingerprint density at radius 3 is 2.06 bits per heavy atom. The van der Waals surface area contributed by atoms with Crippen molar-refractivity contribution in [3.8, 4) is 0 Å². The van der Waals surface area contributed by atoms with Gasteiger partial charge in [-0.3, -0.25) is 0 Å². The van der Waals surface area contributed by atoms with Gasteiger partial charge in [-0.25, -0.2) is 8.90 Å². The predicted molar refractivity (Wildman–Crippen MR) is 70.6 cm³/mol. The van der Waals surface area contributed by atoms with E-state index >= 15 is 0 Å². The fourth-order valence-electron chi connectivity index (χ4n) is 1.44. The Morgan fingerprint density at radius 1 is 1.00 bits per heavy atom. The molecular weight excluding hydrogens is 271 g/mol. The van der Waals surface area contributed by atoms with Gasteiger partial charge in [0.2, 0.25) is 0 Å². The molecular formula is C13H10ClFO2Si. The maximum absolute atomic E-state index is 14.2. The summed E-state index contributed by atoms with van der Waals surface area (Å²) in [6, 6.07) is 16.3. The van der Waals surface area contributed by atoms with Crippen LogP contribution in [-0.4, -0.2) is 13.9 Å². The van der Waals surface area contributed by atoms with Gasteiger partial charge in [-0.15, -0.1) is 0 Å². The van der Waals surface area contributed by atoms with Gasteiger partial charge in [0.25, 0.3) is 0 Å². The van der Waals surface area contributed by atoms with E-state index in [0.29, 0.717) is 0 Å². The van der Waals surface area contributed by atoms with E-state index in [1.54, 1.807) is 48.5 Å². The number of benzene rings is 2. The maximum atomic E-state index is 14.2. The van der Waals surface area contributed by atoms with Crippen LogP contribution in [0, 0.1) is 0 Å². The smallest absolute Gasteiger partial charge is 0.473 e. The van der Waals surface area contributed by atoms with E-state index in [0.717, 1.165) is 0 Å². The first kappa shape index (κ1) is 12.8. The van der Waals surface area contributed by atoms with E-state index in [4.69, 9.17) is 15.5 Å². The summed E-state index contributed by atoms with van der Waals surface area (Å²) in [7, 11) is -4.20. The Labute approximate surface area is 110 Å². The summed E-state index contributed by atoms with van der Waals surface area (Å²) in [5.41, 5.74) is 0.281. The zero-order valence-corrected chi connectivity index (χ0v) is 11.1. The lowest BCUT2D eigenvalue weighted by molar-refractivity contribution is 0.0715. The molecule has 0 amide bonds. The molecule has 0 aliphatic rings. The summed E-state index contributed by atoms with van der Waals surface area (Å²) < 4.78 is 19.0. The minimum atomic E-state index is -4.20. The molecule has 0 bridgehead atoms. The summed E-state index contributed by atoms with van der Waals surface area (Å²) in [5, 5.41) is 0.218. The summed E-state index contributed by atoms with van der Waals surface area (Å²) >= 11 is 5.74. The second-order valence-corrected chi connectivity index (χ2v) is 6.91. The van der Waals surface area contributed by atoms with Crippen LogP contribution in [0.4, 0.5) is 4.11 Å². The normalized spacial score (nSPS) is 13.7. The van der Waals surface area contributed by atoms with E-state index in [2.05, 4.69) is 0 Å². The van der Waals surface area contributed by atoms with Crippen LogP contribution < -0.4 is 5.19 Å². The topological polar surface area (TPSA) is 26.3 Å². The minimum absolute atomic E-state index is 0.218. The fourth-order valence-corrected chi connectivity index (χ4v) is 3.08. The number of rotatable bonds is 3. The van der Waals surface area contributed by atoms with E-state index in [-0.39, 0.29) is 10.8 Å². The Balaban J connectivity index is 2.17. The average Bonchev–Trinajstić information content (AvgIpc) is 2.40. The SMILES string of the molecule is O=C(O[Si](F)(Cl)c1ccccc1)c1ccccc1. The van der Waals surface area contributed by atoms with Crippen LogP contribution in [0.25, 0.3) is 0 Å². The third kappa shape index (κ3) is 2.97. The highest BCUT2D eigenvalue weighted by atomic mass is 35.6. The van der Waals surface area contributed by atoms with Crippen molar-refractivity contribution in [1.29, 1.82) is 0 Å². The lowest BCUT2D eigenvalue weighted by atomic mass is 10.2. The summed E-state index contributed by atoms with van der Waals surface area (Å²) in [5.74, 6) is -0.747. The van der Waals surface area contributed by atoms with Crippen molar-refractivity contribution in [2.24, 2.45) is 0 Å². The van der Waals surface area contributed by atoms with Gasteiger partial charge in [-0.05, 0) is 12.1 Å². The van der Waals surface area contributed by atoms with Crippen molar-refractivity contribution in [1.82, 2.24) is 0 Å². The fraction of sp³-hybridized carbons (Fsp3) is 0. The number of carbonyl (C=O) groups excluding carboxylic acids is 1. The van der Waals surface area contributed by atoms with Crippen LogP contribution in [-0.2, 0) is 4.43 Å². The van der Waals surface area contributed by atoms with Crippen LogP contribution in [0.1, 0.15) is 10.4 Å². The highest BCUT2D eigenvalue weighted by molar-refractivity contribution is 7.20. The van der Waals surface area contributed by atoms with Crippen molar-refractivity contribution >= 4 is 30.2 Å². The monoisotopic (exact) mass is 280 g/mol. The molecule has 2 rings (SSSR count). The molecule has 2 aromatic carbocycles. The third-order valence-electron chi connectivity index (χ3n) is 2.34. The quantitative estimate of drug-likeness (QED) is 0.638. The molecule has 92 valence electrons. The van der Waals surface area contributed by atoms with E-state index in [1.807, 2.05) is 0 Å². The Hall–Kier alpha value is -1.65. The van der Waals surface area contributed by atoms with Gasteiger partial charge in [0.1, 0.15) is 0 Å². The largest absolute Gasteiger partial charge is 0.581 e. The number of halogens is 2. The van der Waals surface area contributed by atoms with E-state index < -0.39 is 13.9 Å². The highest BCUT2D eigenvalue weighted by Gasteiger charge is 2.41. The van der Waals surface area contributed by atoms with Crippen LogP contribution in [0.3, 0.4) is 0 Å². The molecule has 2 aromatic rings. The Morgan fingerprint density at radius 2 is 1.50 bits per heavy atom. The van der Waals surface area contributed by atoms with Crippen molar-refractivity contribution in [2.45, 2.75) is 0 Å². The molecule has 1 atom stereocenters. The molecule has 1 unspecified atom stereocenters. The summed E-state index contributed by atoms with van der Waals surface area (Å²) in [4.78, 5) is 11.7. The number of hydrogen-bond donors (Lipinski definition) is 0. The molecule has 0 fully saturated rings. The van der Waals surface area contributed by atoms with Gasteiger partial charge >= 0.3 is 13.9 Å². The van der Waals surface area contributed by atoms with Gasteiger partial charge < -0.3 is 4.43 Å². The zero-order valence-electron chi connectivity index (χ0n) is 9.35.